The van der Waals surface area contributed by atoms with Crippen LogP contribution >= 0.6 is 11.8 Å². The summed E-state index contributed by atoms with van der Waals surface area (Å²) < 4.78 is 34.2. The van der Waals surface area contributed by atoms with Gasteiger partial charge in [-0.2, -0.15) is 0 Å². The van der Waals surface area contributed by atoms with Crippen molar-refractivity contribution in [2.75, 3.05) is 12.4 Å². The number of aliphatic hydroxyl groups is 1. The molecule has 0 bridgehead atoms. The van der Waals surface area contributed by atoms with Crippen molar-refractivity contribution in [1.82, 2.24) is 14.8 Å². The second-order valence-corrected chi connectivity index (χ2v) is 8.08. The first-order valence-corrected chi connectivity index (χ1v) is 11.0. The number of aromatic nitrogens is 3. The van der Waals surface area contributed by atoms with Gasteiger partial charge in [0, 0.05) is 17.0 Å². The molecule has 0 saturated heterocycles. The van der Waals surface area contributed by atoms with Gasteiger partial charge in [0.05, 0.1) is 19.3 Å². The normalized spacial score (nSPS) is 12.1. The van der Waals surface area contributed by atoms with Gasteiger partial charge < -0.3 is 9.84 Å². The molecule has 0 saturated carbocycles. The number of hydrogen-bond acceptors (Lipinski definition) is 5. The Kier molecular flexibility index (Phi) is 7.26. The van der Waals surface area contributed by atoms with Crippen LogP contribution in [-0.2, 0) is 11.3 Å². The lowest BCUT2D eigenvalue weighted by Gasteiger charge is -2.13. The van der Waals surface area contributed by atoms with Gasteiger partial charge in [0.25, 0.3) is 0 Å². The average molecular weight is 454 g/mol. The first kappa shape index (κ1) is 22.1. The lowest BCUT2D eigenvalue weighted by molar-refractivity contribution is 0.0398. The molecule has 164 valence electrons. The van der Waals surface area contributed by atoms with E-state index in [-0.39, 0.29) is 18.2 Å². The van der Waals surface area contributed by atoms with Crippen molar-refractivity contribution in [2.45, 2.75) is 17.9 Å². The van der Waals surface area contributed by atoms with E-state index in [0.29, 0.717) is 34.6 Å². The quantitative estimate of drug-likeness (QED) is 0.366. The molecule has 3 aromatic carbocycles. The molecule has 32 heavy (non-hydrogen) atoms. The summed E-state index contributed by atoms with van der Waals surface area (Å²) in [6, 6.07) is 21.6. The Labute approximate surface area is 188 Å². The molecule has 4 aromatic rings. The van der Waals surface area contributed by atoms with Crippen LogP contribution in [-0.4, -0.2) is 38.3 Å². The van der Waals surface area contributed by atoms with E-state index in [9.17, 15) is 13.9 Å². The minimum atomic E-state index is -0.712. The third-order valence-corrected chi connectivity index (χ3v) is 5.72. The van der Waals surface area contributed by atoms with Crippen LogP contribution in [0.2, 0.25) is 0 Å². The van der Waals surface area contributed by atoms with E-state index in [4.69, 9.17) is 4.74 Å². The molecule has 1 aromatic heterocycles. The fraction of sp³-hybridized carbons (Fsp3) is 0.167. The largest absolute Gasteiger partial charge is 0.390 e. The molecule has 0 aliphatic heterocycles. The van der Waals surface area contributed by atoms with Crippen LogP contribution in [0.15, 0.2) is 84.0 Å². The average Bonchev–Trinajstić information content (AvgIpc) is 3.23. The maximum absolute atomic E-state index is 13.5. The predicted octanol–water partition coefficient (Wildman–Crippen LogP) is 4.88. The molecule has 1 N–H and O–H groups in total. The smallest absolute Gasteiger partial charge is 0.196 e. The zero-order chi connectivity index (χ0) is 22.3. The first-order valence-electron chi connectivity index (χ1n) is 10.00. The molecule has 0 aliphatic carbocycles. The van der Waals surface area contributed by atoms with Crippen LogP contribution in [0.5, 0.6) is 0 Å². The predicted molar refractivity (Wildman–Crippen MR) is 120 cm³/mol. The summed E-state index contributed by atoms with van der Waals surface area (Å²) >= 11 is 1.31. The van der Waals surface area contributed by atoms with Gasteiger partial charge in [-0.05, 0) is 54.1 Å². The Hall–Kier alpha value is -3.07. The number of ether oxygens (including phenoxy) is 1. The zero-order valence-corrected chi connectivity index (χ0v) is 17.9. The van der Waals surface area contributed by atoms with Gasteiger partial charge in [-0.25, -0.2) is 8.78 Å². The first-order chi connectivity index (χ1) is 15.6. The van der Waals surface area contributed by atoms with Gasteiger partial charge in [0.1, 0.15) is 11.6 Å². The van der Waals surface area contributed by atoms with E-state index in [0.717, 1.165) is 5.56 Å². The number of rotatable bonds is 9. The number of benzene rings is 3. The van der Waals surface area contributed by atoms with Gasteiger partial charge in [0.2, 0.25) is 0 Å². The Bertz CT molecular complexity index is 1140. The summed E-state index contributed by atoms with van der Waals surface area (Å²) in [5.41, 5.74) is 2.36. The molecule has 0 fully saturated rings. The highest BCUT2D eigenvalue weighted by atomic mass is 32.2. The SMILES string of the molecule is OC(COCc1ccccc1)CSc1nnc(-c2ccc(F)cc2)n1-c1ccc(F)cc1. The third-order valence-electron chi connectivity index (χ3n) is 4.65. The monoisotopic (exact) mass is 453 g/mol. The highest BCUT2D eigenvalue weighted by molar-refractivity contribution is 7.99. The summed E-state index contributed by atoms with van der Waals surface area (Å²) in [4.78, 5) is 0. The van der Waals surface area contributed by atoms with Crippen LogP contribution in [0.25, 0.3) is 17.1 Å². The molecular formula is C24H21F2N3O2S. The van der Waals surface area contributed by atoms with E-state index >= 15 is 0 Å². The second kappa shape index (κ2) is 10.5. The van der Waals surface area contributed by atoms with Crippen LogP contribution in [0.3, 0.4) is 0 Å². The topological polar surface area (TPSA) is 60.2 Å². The van der Waals surface area contributed by atoms with Crippen LogP contribution in [0.4, 0.5) is 8.78 Å². The molecule has 1 atom stereocenters. The molecule has 4 rings (SSSR count). The molecule has 0 spiro atoms. The van der Waals surface area contributed by atoms with Crippen molar-refractivity contribution in [3.63, 3.8) is 0 Å². The Morgan fingerprint density at radius 1 is 0.875 bits per heavy atom. The molecular weight excluding hydrogens is 432 g/mol. The fourth-order valence-electron chi connectivity index (χ4n) is 3.08. The third kappa shape index (κ3) is 5.59. The number of aliphatic hydroxyl groups excluding tert-OH is 1. The van der Waals surface area contributed by atoms with Crippen molar-refractivity contribution in [1.29, 1.82) is 0 Å². The summed E-state index contributed by atoms with van der Waals surface area (Å²) in [6.07, 6.45) is -0.712. The van der Waals surface area contributed by atoms with Crippen LogP contribution in [0.1, 0.15) is 5.56 Å². The van der Waals surface area contributed by atoms with Gasteiger partial charge in [-0.15, -0.1) is 10.2 Å². The maximum atomic E-state index is 13.5. The van der Waals surface area contributed by atoms with Gasteiger partial charge in [-0.3, -0.25) is 4.57 Å². The summed E-state index contributed by atoms with van der Waals surface area (Å²) in [6.45, 7) is 0.598. The minimum absolute atomic E-state index is 0.178. The molecule has 0 radical (unpaired) electrons. The summed E-state index contributed by atoms with van der Waals surface area (Å²) in [5.74, 6) is 0.117. The minimum Gasteiger partial charge on any atom is -0.390 e. The van der Waals surface area contributed by atoms with Crippen molar-refractivity contribution >= 4 is 11.8 Å². The summed E-state index contributed by atoms with van der Waals surface area (Å²) in [7, 11) is 0. The standard InChI is InChI=1S/C24H21F2N3O2S/c25-19-8-6-18(7-9-19)23-27-28-24(29(23)21-12-10-20(26)11-13-21)32-16-22(30)15-31-14-17-4-2-1-3-5-17/h1-13,22,30H,14-16H2. The van der Waals surface area contributed by atoms with Gasteiger partial charge >= 0.3 is 0 Å². The number of thioether (sulfide) groups is 1. The fourth-order valence-corrected chi connectivity index (χ4v) is 3.94. The number of nitrogens with zero attached hydrogens (tertiary/aromatic N) is 3. The zero-order valence-electron chi connectivity index (χ0n) is 17.1. The Balaban J connectivity index is 1.48. The Morgan fingerprint density at radius 3 is 2.22 bits per heavy atom. The molecule has 0 amide bonds. The van der Waals surface area contributed by atoms with E-state index in [1.807, 2.05) is 30.3 Å². The molecule has 8 heteroatoms. The van der Waals surface area contributed by atoms with Crippen LogP contribution < -0.4 is 0 Å². The van der Waals surface area contributed by atoms with Crippen molar-refractivity contribution in [2.24, 2.45) is 0 Å². The van der Waals surface area contributed by atoms with E-state index in [1.54, 1.807) is 28.8 Å². The lowest BCUT2D eigenvalue weighted by Crippen LogP contribution is -2.18. The molecule has 1 unspecified atom stereocenters. The second-order valence-electron chi connectivity index (χ2n) is 7.09. The lowest BCUT2D eigenvalue weighted by atomic mass is 10.2. The van der Waals surface area contributed by atoms with E-state index in [2.05, 4.69) is 10.2 Å². The van der Waals surface area contributed by atoms with Crippen molar-refractivity contribution in [3.05, 3.63) is 96.1 Å². The number of hydrogen-bond donors (Lipinski definition) is 1. The van der Waals surface area contributed by atoms with E-state index in [1.165, 1.54) is 36.0 Å². The number of halogens is 2. The van der Waals surface area contributed by atoms with Crippen molar-refractivity contribution < 1.29 is 18.6 Å². The van der Waals surface area contributed by atoms with Crippen molar-refractivity contribution in [3.8, 4) is 17.1 Å². The Morgan fingerprint density at radius 2 is 1.53 bits per heavy atom. The van der Waals surface area contributed by atoms with E-state index < -0.39 is 6.10 Å². The highest BCUT2D eigenvalue weighted by Gasteiger charge is 2.18. The molecule has 5 nitrogen and oxygen atoms in total. The van der Waals surface area contributed by atoms with Crippen LogP contribution in [0, 0.1) is 11.6 Å². The summed E-state index contributed by atoms with van der Waals surface area (Å²) in [5, 5.41) is 19.4. The van der Waals surface area contributed by atoms with Gasteiger partial charge in [-0.1, -0.05) is 42.1 Å². The molecule has 1 heterocycles. The molecule has 0 aliphatic rings. The highest BCUT2D eigenvalue weighted by Crippen LogP contribution is 2.28. The van der Waals surface area contributed by atoms with Gasteiger partial charge in [0.15, 0.2) is 11.0 Å². The maximum Gasteiger partial charge on any atom is 0.196 e.